The number of imide groups is 1. The number of amides is 3. The number of allylic oxidation sites excluding steroid dienone is 2. The average Bonchev–Trinajstić information content (AvgIpc) is 3.07. The van der Waals surface area contributed by atoms with Crippen LogP contribution in [0.3, 0.4) is 0 Å². The van der Waals surface area contributed by atoms with Gasteiger partial charge in [0.25, 0.3) is 0 Å². The number of benzene rings is 1. The highest BCUT2D eigenvalue weighted by Gasteiger charge is 2.58. The number of carbonyl (C=O) groups is 3. The van der Waals surface area contributed by atoms with Gasteiger partial charge in [-0.15, -0.1) is 0 Å². The van der Waals surface area contributed by atoms with Crippen LogP contribution in [0.25, 0.3) is 0 Å². The fourth-order valence-corrected chi connectivity index (χ4v) is 6.15. The fourth-order valence-electron chi connectivity index (χ4n) is 6.15. The molecule has 5 atom stereocenters. The van der Waals surface area contributed by atoms with Gasteiger partial charge in [0, 0.05) is 6.04 Å². The van der Waals surface area contributed by atoms with E-state index in [0.717, 1.165) is 44.1 Å². The van der Waals surface area contributed by atoms with Gasteiger partial charge in [-0.05, 0) is 43.1 Å². The Morgan fingerprint density at radius 2 is 1.50 bits per heavy atom. The first kappa shape index (κ1) is 19.5. The third-order valence-electron chi connectivity index (χ3n) is 7.64. The highest BCUT2D eigenvalue weighted by atomic mass is 16.2. The third-order valence-corrected chi connectivity index (χ3v) is 7.64. The predicted octanol–water partition coefficient (Wildman–Crippen LogP) is 3.76. The number of hydrogen-bond donors (Lipinski definition) is 1. The summed E-state index contributed by atoms with van der Waals surface area (Å²) in [5.41, 5.74) is 0.858. The summed E-state index contributed by atoms with van der Waals surface area (Å²) in [6.07, 6.45) is 11.9. The molecule has 2 saturated carbocycles. The van der Waals surface area contributed by atoms with E-state index in [1.54, 1.807) is 0 Å². The molecular formula is C25H30N2O3. The monoisotopic (exact) mass is 406 g/mol. The summed E-state index contributed by atoms with van der Waals surface area (Å²) in [5, 5.41) is 3.16. The summed E-state index contributed by atoms with van der Waals surface area (Å²) in [6, 6.07) is 9.27. The molecule has 0 spiro atoms. The van der Waals surface area contributed by atoms with E-state index in [-0.39, 0.29) is 53.9 Å². The molecule has 0 unspecified atom stereocenters. The Morgan fingerprint density at radius 1 is 0.900 bits per heavy atom. The van der Waals surface area contributed by atoms with Crippen molar-refractivity contribution in [1.82, 2.24) is 10.2 Å². The van der Waals surface area contributed by atoms with Gasteiger partial charge in [-0.2, -0.15) is 0 Å². The highest BCUT2D eigenvalue weighted by molar-refractivity contribution is 6.06. The van der Waals surface area contributed by atoms with Crippen molar-refractivity contribution in [3.63, 3.8) is 0 Å². The van der Waals surface area contributed by atoms with Crippen molar-refractivity contribution in [3.05, 3.63) is 48.0 Å². The van der Waals surface area contributed by atoms with E-state index in [2.05, 4.69) is 17.5 Å². The lowest BCUT2D eigenvalue weighted by Gasteiger charge is -2.38. The summed E-state index contributed by atoms with van der Waals surface area (Å²) >= 11 is 0. The number of nitrogens with one attached hydrogen (secondary N) is 1. The molecule has 0 radical (unpaired) electrons. The quantitative estimate of drug-likeness (QED) is 0.598. The normalized spacial score (nSPS) is 31.7. The van der Waals surface area contributed by atoms with Gasteiger partial charge in [0.1, 0.15) is 0 Å². The van der Waals surface area contributed by atoms with Gasteiger partial charge < -0.3 is 5.32 Å². The van der Waals surface area contributed by atoms with Crippen molar-refractivity contribution in [2.24, 2.45) is 23.7 Å². The van der Waals surface area contributed by atoms with E-state index in [1.807, 2.05) is 30.3 Å². The Morgan fingerprint density at radius 3 is 2.07 bits per heavy atom. The Bertz CT molecular complexity index is 826. The van der Waals surface area contributed by atoms with Crippen LogP contribution in [0, 0.1) is 23.7 Å². The zero-order valence-corrected chi connectivity index (χ0v) is 17.3. The van der Waals surface area contributed by atoms with Gasteiger partial charge in [0.05, 0.1) is 24.3 Å². The molecule has 3 fully saturated rings. The first-order valence-corrected chi connectivity index (χ1v) is 11.5. The lowest BCUT2D eigenvalue weighted by Crippen LogP contribution is -2.41. The SMILES string of the molecule is O=C(C[C@H](c1ccccc1)N1C(=O)[C@H]2[C@H](C1=O)[C@H]1C=C[C@H]2CC1)NC1CCCCC1. The Labute approximate surface area is 177 Å². The first-order valence-electron chi connectivity index (χ1n) is 11.5. The molecule has 3 amide bonds. The molecule has 1 N–H and O–H groups in total. The molecule has 158 valence electrons. The van der Waals surface area contributed by atoms with Crippen LogP contribution in [-0.4, -0.2) is 28.7 Å². The van der Waals surface area contributed by atoms with E-state index in [1.165, 1.54) is 11.3 Å². The molecule has 1 saturated heterocycles. The average molecular weight is 407 g/mol. The topological polar surface area (TPSA) is 66.5 Å². The number of nitrogens with zero attached hydrogens (tertiary/aromatic N) is 1. The van der Waals surface area contributed by atoms with Crippen molar-refractivity contribution in [3.8, 4) is 0 Å². The van der Waals surface area contributed by atoms with Crippen molar-refractivity contribution < 1.29 is 14.4 Å². The van der Waals surface area contributed by atoms with Crippen molar-refractivity contribution in [2.75, 3.05) is 0 Å². The second-order valence-electron chi connectivity index (χ2n) is 9.42. The van der Waals surface area contributed by atoms with Crippen LogP contribution in [0.15, 0.2) is 42.5 Å². The fraction of sp³-hybridized carbons (Fsp3) is 0.560. The van der Waals surface area contributed by atoms with E-state index in [4.69, 9.17) is 0 Å². The van der Waals surface area contributed by atoms with Gasteiger partial charge >= 0.3 is 0 Å². The van der Waals surface area contributed by atoms with Crippen LogP contribution in [-0.2, 0) is 14.4 Å². The van der Waals surface area contributed by atoms with Gasteiger partial charge in [0.2, 0.25) is 17.7 Å². The number of likely N-dealkylation sites (tertiary alicyclic amines) is 1. The third kappa shape index (κ3) is 3.38. The molecule has 30 heavy (non-hydrogen) atoms. The predicted molar refractivity (Wildman–Crippen MR) is 113 cm³/mol. The van der Waals surface area contributed by atoms with E-state index in [0.29, 0.717) is 0 Å². The minimum absolute atomic E-state index is 0.0627. The zero-order valence-electron chi connectivity index (χ0n) is 17.3. The largest absolute Gasteiger partial charge is 0.353 e. The van der Waals surface area contributed by atoms with Crippen LogP contribution in [0.1, 0.15) is 63.0 Å². The number of rotatable bonds is 5. The van der Waals surface area contributed by atoms with Crippen molar-refractivity contribution >= 4 is 17.7 Å². The lowest BCUT2D eigenvalue weighted by molar-refractivity contribution is -0.143. The van der Waals surface area contributed by atoms with Crippen LogP contribution >= 0.6 is 0 Å². The molecule has 6 rings (SSSR count). The zero-order chi connectivity index (χ0) is 20.7. The maximum atomic E-state index is 13.5. The van der Waals surface area contributed by atoms with Crippen LogP contribution in [0.5, 0.6) is 0 Å². The Balaban J connectivity index is 1.40. The standard InChI is InChI=1S/C25H30N2O3/c28-21(26-19-9-5-2-6-10-19)15-20(16-7-3-1-4-8-16)27-24(29)22-17-11-12-18(14-13-17)23(22)25(27)30/h1,3-4,7-8,11-12,17-20,22-23H,2,5-6,9-10,13-15H2,(H,26,28)/t17-,18-,20+,22+,23+/m0/s1. The molecular weight excluding hydrogens is 376 g/mol. The van der Waals surface area contributed by atoms with Gasteiger partial charge in [0.15, 0.2) is 0 Å². The maximum absolute atomic E-state index is 13.5. The lowest BCUT2D eigenvalue weighted by atomic mass is 9.63. The Kier molecular flexibility index (Phi) is 5.21. The second-order valence-corrected chi connectivity index (χ2v) is 9.42. The number of hydrogen-bond acceptors (Lipinski definition) is 3. The molecule has 5 aliphatic rings. The van der Waals surface area contributed by atoms with Crippen LogP contribution in [0.4, 0.5) is 0 Å². The maximum Gasteiger partial charge on any atom is 0.234 e. The van der Waals surface area contributed by atoms with E-state index < -0.39 is 6.04 Å². The Hall–Kier alpha value is -2.43. The first-order chi connectivity index (χ1) is 14.6. The molecule has 4 aliphatic carbocycles. The number of fused-ring (bicyclic) bond motifs is 1. The molecule has 5 nitrogen and oxygen atoms in total. The summed E-state index contributed by atoms with van der Waals surface area (Å²) < 4.78 is 0. The minimum atomic E-state index is -0.528. The van der Waals surface area contributed by atoms with Gasteiger partial charge in [-0.3, -0.25) is 19.3 Å². The molecule has 5 heteroatoms. The van der Waals surface area contributed by atoms with Crippen molar-refractivity contribution in [2.45, 2.75) is 63.5 Å². The molecule has 1 aromatic carbocycles. The van der Waals surface area contributed by atoms with Gasteiger partial charge in [-0.1, -0.05) is 61.7 Å². The summed E-state index contributed by atoms with van der Waals surface area (Å²) in [7, 11) is 0. The molecule has 1 heterocycles. The molecule has 1 aromatic rings. The minimum Gasteiger partial charge on any atom is -0.353 e. The molecule has 0 aromatic heterocycles. The van der Waals surface area contributed by atoms with Crippen LogP contribution in [0.2, 0.25) is 0 Å². The van der Waals surface area contributed by atoms with E-state index in [9.17, 15) is 14.4 Å². The van der Waals surface area contributed by atoms with Gasteiger partial charge in [-0.25, -0.2) is 0 Å². The smallest absolute Gasteiger partial charge is 0.234 e. The van der Waals surface area contributed by atoms with Crippen molar-refractivity contribution in [1.29, 1.82) is 0 Å². The summed E-state index contributed by atoms with van der Waals surface area (Å²) in [4.78, 5) is 41.3. The number of carbonyl (C=O) groups excluding carboxylic acids is 3. The van der Waals surface area contributed by atoms with Crippen LogP contribution < -0.4 is 5.32 Å². The van der Waals surface area contributed by atoms with E-state index >= 15 is 0 Å². The molecule has 2 bridgehead atoms. The molecule has 1 aliphatic heterocycles. The summed E-state index contributed by atoms with van der Waals surface area (Å²) in [5.74, 6) is -0.385. The highest BCUT2D eigenvalue weighted by Crippen LogP contribution is 2.51. The summed E-state index contributed by atoms with van der Waals surface area (Å²) in [6.45, 7) is 0. The second kappa shape index (κ2) is 8.01.